The van der Waals surface area contributed by atoms with Crippen molar-refractivity contribution in [1.82, 2.24) is 34.3 Å². The van der Waals surface area contributed by atoms with Crippen molar-refractivity contribution < 1.29 is 14.3 Å². The standard InChI is InChI=1S/C39H46N8O3/c1-23-30-15-13-25-20-33(46(36(25)43-30)17-9-5-4-6-10-28(38(48)42-23)31-11-7-8-16-41-31)37-44-32-19-26(21-34(50-3)35(32)45(37)2)39(49)47-22-29(40)24-12-14-27(47)18-24/h7-8,11,13,15-16,19-21,23-24,27-29H,4-6,9-10,12,14,17-18,22,40H2,1-3H3,(H,42,48)/t23-,24-,27+,28-,29+/m1/s1. The number of pyridine rings is 2. The quantitative estimate of drug-likeness (QED) is 0.244. The molecule has 2 fully saturated rings. The third-order valence-corrected chi connectivity index (χ3v) is 11.3. The number of rotatable bonds is 4. The number of hydrogen-bond acceptors (Lipinski definition) is 7. The summed E-state index contributed by atoms with van der Waals surface area (Å²) in [6.45, 7) is 3.35. The Kier molecular flexibility index (Phi) is 8.54. The molecule has 11 heteroatoms. The average Bonchev–Trinajstić information content (AvgIpc) is 3.82. The fraction of sp³-hybridized carbons (Fsp3) is 0.462. The van der Waals surface area contributed by atoms with Crippen molar-refractivity contribution in [2.24, 2.45) is 18.7 Å². The molecule has 5 aromatic rings. The molecule has 4 bridgehead atoms. The van der Waals surface area contributed by atoms with Gasteiger partial charge < -0.3 is 29.8 Å². The fourth-order valence-electron chi connectivity index (χ4n) is 8.57. The number of nitrogens with one attached hydrogen (secondary N) is 1. The van der Waals surface area contributed by atoms with Gasteiger partial charge in [0.25, 0.3) is 5.91 Å². The van der Waals surface area contributed by atoms with Crippen LogP contribution >= 0.6 is 0 Å². The maximum atomic E-state index is 13.9. The Morgan fingerprint density at radius 2 is 1.86 bits per heavy atom. The van der Waals surface area contributed by atoms with Gasteiger partial charge in [0, 0.05) is 49.4 Å². The molecule has 1 aromatic carbocycles. The van der Waals surface area contributed by atoms with Crippen molar-refractivity contribution >= 4 is 33.9 Å². The van der Waals surface area contributed by atoms with E-state index in [1.807, 2.05) is 55.3 Å². The minimum atomic E-state index is -0.293. The van der Waals surface area contributed by atoms with Crippen molar-refractivity contribution in [1.29, 1.82) is 0 Å². The van der Waals surface area contributed by atoms with Gasteiger partial charge in [0.05, 0.1) is 41.7 Å². The van der Waals surface area contributed by atoms with Crippen LogP contribution in [0.25, 0.3) is 33.6 Å². The van der Waals surface area contributed by atoms with E-state index >= 15 is 0 Å². The van der Waals surface area contributed by atoms with Crippen LogP contribution < -0.4 is 15.8 Å². The predicted octanol–water partition coefficient (Wildman–Crippen LogP) is 5.87. The van der Waals surface area contributed by atoms with E-state index in [1.165, 1.54) is 0 Å². The molecule has 0 radical (unpaired) electrons. The van der Waals surface area contributed by atoms with Crippen LogP contribution in [0.15, 0.2) is 54.7 Å². The Morgan fingerprint density at radius 3 is 2.68 bits per heavy atom. The van der Waals surface area contributed by atoms with Crippen LogP contribution in [-0.2, 0) is 18.4 Å². The van der Waals surface area contributed by atoms with Crippen LogP contribution in [0.3, 0.4) is 0 Å². The molecule has 0 unspecified atom stereocenters. The summed E-state index contributed by atoms with van der Waals surface area (Å²) in [5, 5.41) is 4.24. The van der Waals surface area contributed by atoms with Crippen LogP contribution in [0.1, 0.15) is 92.0 Å². The molecular formula is C39H46N8O3. The summed E-state index contributed by atoms with van der Waals surface area (Å²) in [6.07, 6.45) is 9.53. The van der Waals surface area contributed by atoms with Gasteiger partial charge in [-0.15, -0.1) is 0 Å². The van der Waals surface area contributed by atoms with Gasteiger partial charge in [0.15, 0.2) is 5.82 Å². The van der Waals surface area contributed by atoms with Gasteiger partial charge in [-0.05, 0) is 87.4 Å². The third-order valence-electron chi connectivity index (χ3n) is 11.3. The SMILES string of the molecule is COc1cc(C(=O)N2C[C@H](N)[C@@H]3CC[C@H]2C3)cc2nc(-c3cc4ccc5nc4n3CCCCCC[C@H](c3ccccn3)C(=O)N[C@@H]5C)n(C)c12. The number of fused-ring (bicyclic) bond motifs is 4. The van der Waals surface area contributed by atoms with Crippen LogP contribution in [0.2, 0.25) is 0 Å². The molecule has 11 nitrogen and oxygen atoms in total. The molecule has 6 heterocycles. The van der Waals surface area contributed by atoms with Gasteiger partial charge in [0.1, 0.15) is 16.9 Å². The second-order valence-electron chi connectivity index (χ2n) is 14.5. The zero-order chi connectivity index (χ0) is 34.5. The third kappa shape index (κ3) is 5.71. The summed E-state index contributed by atoms with van der Waals surface area (Å²) >= 11 is 0. The van der Waals surface area contributed by atoms with Gasteiger partial charge in [-0.3, -0.25) is 14.6 Å². The van der Waals surface area contributed by atoms with E-state index in [9.17, 15) is 9.59 Å². The van der Waals surface area contributed by atoms with Crippen LogP contribution in [0.5, 0.6) is 5.75 Å². The number of hydrogen-bond donors (Lipinski definition) is 2. The number of ether oxygens (including phenoxy) is 1. The summed E-state index contributed by atoms with van der Waals surface area (Å²) in [5.41, 5.74) is 12.0. The molecule has 3 N–H and O–H groups in total. The van der Waals surface area contributed by atoms with Crippen LogP contribution in [-0.4, -0.2) is 66.5 Å². The second kappa shape index (κ2) is 13.2. The zero-order valence-electron chi connectivity index (χ0n) is 29.1. The van der Waals surface area contributed by atoms with E-state index in [1.54, 1.807) is 13.3 Å². The minimum Gasteiger partial charge on any atom is -0.494 e. The number of nitrogens with zero attached hydrogens (tertiary/aromatic N) is 6. The Balaban J connectivity index is 1.16. The summed E-state index contributed by atoms with van der Waals surface area (Å²) < 4.78 is 10.2. The largest absolute Gasteiger partial charge is 0.494 e. The lowest BCUT2D eigenvalue weighted by molar-refractivity contribution is -0.123. The lowest BCUT2D eigenvalue weighted by atomic mass is 9.94. The molecular weight excluding hydrogens is 628 g/mol. The molecule has 1 saturated carbocycles. The molecule has 1 aliphatic carbocycles. The zero-order valence-corrected chi connectivity index (χ0v) is 29.1. The number of amides is 2. The Labute approximate surface area is 292 Å². The van der Waals surface area contributed by atoms with Gasteiger partial charge >= 0.3 is 0 Å². The van der Waals surface area contributed by atoms with Crippen molar-refractivity contribution in [2.75, 3.05) is 13.7 Å². The Morgan fingerprint density at radius 1 is 1.00 bits per heavy atom. The van der Waals surface area contributed by atoms with Crippen molar-refractivity contribution in [2.45, 2.75) is 88.9 Å². The summed E-state index contributed by atoms with van der Waals surface area (Å²) in [7, 11) is 3.64. The molecule has 50 heavy (non-hydrogen) atoms. The monoisotopic (exact) mass is 674 g/mol. The van der Waals surface area contributed by atoms with E-state index in [0.717, 1.165) is 97.4 Å². The Hall–Kier alpha value is -4.77. The maximum Gasteiger partial charge on any atom is 0.254 e. The number of aromatic nitrogens is 5. The van der Waals surface area contributed by atoms with E-state index < -0.39 is 0 Å². The first-order valence-electron chi connectivity index (χ1n) is 18.1. The Bertz CT molecular complexity index is 2070. The summed E-state index contributed by atoms with van der Waals surface area (Å²) in [6, 6.07) is 15.7. The number of carbonyl (C=O) groups excluding carboxylic acids is 2. The normalized spacial score (nSPS) is 24.4. The lowest BCUT2D eigenvalue weighted by Crippen LogP contribution is -2.51. The van der Waals surface area contributed by atoms with Gasteiger partial charge in [0.2, 0.25) is 5.91 Å². The van der Waals surface area contributed by atoms with Gasteiger partial charge in [-0.25, -0.2) is 9.97 Å². The van der Waals surface area contributed by atoms with Crippen molar-refractivity contribution in [3.8, 4) is 17.3 Å². The fourth-order valence-corrected chi connectivity index (χ4v) is 8.57. The second-order valence-corrected chi connectivity index (χ2v) is 14.5. The van der Waals surface area contributed by atoms with E-state index in [4.69, 9.17) is 20.4 Å². The molecule has 5 atom stereocenters. The molecule has 8 rings (SSSR count). The number of imidazole rings is 1. The summed E-state index contributed by atoms with van der Waals surface area (Å²) in [5.74, 6) is 1.59. The predicted molar refractivity (Wildman–Crippen MR) is 193 cm³/mol. The highest BCUT2D eigenvalue weighted by Crippen LogP contribution is 2.39. The molecule has 2 amide bonds. The molecule has 3 aliphatic rings. The number of methoxy groups -OCH3 is 1. The van der Waals surface area contributed by atoms with Crippen LogP contribution in [0, 0.1) is 5.92 Å². The lowest BCUT2D eigenvalue weighted by Gasteiger charge is -2.37. The smallest absolute Gasteiger partial charge is 0.254 e. The van der Waals surface area contributed by atoms with E-state index in [-0.39, 0.29) is 35.9 Å². The van der Waals surface area contributed by atoms with Crippen molar-refractivity contribution in [3.63, 3.8) is 0 Å². The number of likely N-dealkylation sites (tertiary alicyclic amines) is 1. The van der Waals surface area contributed by atoms with E-state index in [0.29, 0.717) is 29.3 Å². The molecule has 0 spiro atoms. The number of carbonyl (C=O) groups is 2. The van der Waals surface area contributed by atoms with Crippen molar-refractivity contribution in [3.05, 3.63) is 71.7 Å². The number of benzene rings is 1. The molecule has 4 aromatic heterocycles. The highest BCUT2D eigenvalue weighted by atomic mass is 16.5. The average molecular weight is 675 g/mol. The first-order chi connectivity index (χ1) is 24.3. The maximum absolute atomic E-state index is 13.9. The first kappa shape index (κ1) is 32.4. The highest BCUT2D eigenvalue weighted by Gasteiger charge is 2.41. The number of piperidine rings is 1. The van der Waals surface area contributed by atoms with E-state index in [2.05, 4.69) is 31.6 Å². The van der Waals surface area contributed by atoms with Gasteiger partial charge in [-0.2, -0.15) is 0 Å². The number of aryl methyl sites for hydroxylation is 2. The molecule has 1 saturated heterocycles. The molecule has 2 aliphatic heterocycles. The first-order valence-corrected chi connectivity index (χ1v) is 18.1. The minimum absolute atomic E-state index is 0.00947. The summed E-state index contributed by atoms with van der Waals surface area (Å²) in [4.78, 5) is 44.3. The van der Waals surface area contributed by atoms with Crippen LogP contribution in [0.4, 0.5) is 0 Å². The van der Waals surface area contributed by atoms with Gasteiger partial charge in [-0.1, -0.05) is 25.3 Å². The topological polar surface area (TPSA) is 133 Å². The molecule has 260 valence electrons. The highest BCUT2D eigenvalue weighted by molar-refractivity contribution is 6.00. The number of nitrogens with two attached hydrogens (primary N) is 1.